The van der Waals surface area contributed by atoms with Gasteiger partial charge in [0.1, 0.15) is 6.61 Å². The number of esters is 1. The first kappa shape index (κ1) is 24.2. The third-order valence-corrected chi connectivity index (χ3v) is 6.64. The van der Waals surface area contributed by atoms with Crippen molar-refractivity contribution in [2.75, 3.05) is 32.7 Å². The van der Waals surface area contributed by atoms with E-state index in [1.54, 1.807) is 12.0 Å². The number of hydrogen-bond acceptors (Lipinski definition) is 5. The lowest BCUT2D eigenvalue weighted by Gasteiger charge is -2.35. The maximum atomic E-state index is 12.9. The van der Waals surface area contributed by atoms with Crippen molar-refractivity contribution in [2.24, 2.45) is 5.92 Å². The lowest BCUT2D eigenvalue weighted by Crippen LogP contribution is -2.46. The second-order valence-corrected chi connectivity index (χ2v) is 8.82. The predicted molar refractivity (Wildman–Crippen MR) is 128 cm³/mol. The molecule has 1 aromatic rings. The van der Waals surface area contributed by atoms with Crippen molar-refractivity contribution >= 4 is 34.9 Å². The molecule has 1 aliphatic carbocycles. The van der Waals surface area contributed by atoms with E-state index >= 15 is 0 Å². The van der Waals surface area contributed by atoms with Crippen LogP contribution >= 0.6 is 12.2 Å². The van der Waals surface area contributed by atoms with E-state index in [9.17, 15) is 9.59 Å². The van der Waals surface area contributed by atoms with Gasteiger partial charge in [0.2, 0.25) is 5.91 Å². The fraction of sp³-hybridized carbons (Fsp3) is 0.542. The average Bonchev–Trinajstić information content (AvgIpc) is 3.30. The van der Waals surface area contributed by atoms with Gasteiger partial charge in [0.25, 0.3) is 0 Å². The molecule has 0 bridgehead atoms. The molecule has 1 atom stereocenters. The maximum absolute atomic E-state index is 12.9. The highest BCUT2D eigenvalue weighted by Crippen LogP contribution is 2.32. The van der Waals surface area contributed by atoms with Crippen molar-refractivity contribution in [1.82, 2.24) is 10.2 Å². The molecule has 2 aliphatic rings. The third kappa shape index (κ3) is 6.07. The van der Waals surface area contributed by atoms with Crippen molar-refractivity contribution in [3.8, 4) is 0 Å². The highest BCUT2D eigenvalue weighted by molar-refractivity contribution is 7.80. The number of nitrogens with zero attached hydrogens (tertiary/aromatic N) is 1. The van der Waals surface area contributed by atoms with Gasteiger partial charge in [-0.3, -0.25) is 4.79 Å². The van der Waals surface area contributed by atoms with Gasteiger partial charge in [0.05, 0.1) is 18.2 Å². The monoisotopic (exact) mass is 459 g/mol. The molecule has 3 rings (SSSR count). The van der Waals surface area contributed by atoms with E-state index < -0.39 is 12.0 Å². The van der Waals surface area contributed by atoms with E-state index in [0.717, 1.165) is 17.7 Å². The van der Waals surface area contributed by atoms with Gasteiger partial charge in [0, 0.05) is 32.0 Å². The van der Waals surface area contributed by atoms with Crippen LogP contribution in [0.25, 0.3) is 0 Å². The van der Waals surface area contributed by atoms with Crippen molar-refractivity contribution < 1.29 is 19.1 Å². The smallest absolute Gasteiger partial charge is 0.338 e. The highest BCUT2D eigenvalue weighted by atomic mass is 32.1. The Balaban J connectivity index is 1.74. The molecule has 0 spiro atoms. The Morgan fingerprint density at radius 3 is 2.72 bits per heavy atom. The zero-order valence-corrected chi connectivity index (χ0v) is 19.9. The summed E-state index contributed by atoms with van der Waals surface area (Å²) in [6.45, 7) is 2.35. The number of amides is 1. The SMILES string of the molecule is COCCOC(=O)C1=C(C)N(C)C(=S)N[C@@H]1c1cccc(NC(=O)CCC2CCCC2)c1. The van der Waals surface area contributed by atoms with Gasteiger partial charge in [-0.15, -0.1) is 0 Å². The summed E-state index contributed by atoms with van der Waals surface area (Å²) in [4.78, 5) is 27.1. The molecule has 0 unspecified atom stereocenters. The van der Waals surface area contributed by atoms with Gasteiger partial charge >= 0.3 is 5.97 Å². The Hall–Kier alpha value is -2.45. The van der Waals surface area contributed by atoms with Crippen molar-refractivity contribution in [3.05, 3.63) is 41.1 Å². The number of thiocarbonyl (C=S) groups is 1. The summed E-state index contributed by atoms with van der Waals surface area (Å²) < 4.78 is 10.4. The molecular weight excluding hydrogens is 426 g/mol. The van der Waals surface area contributed by atoms with Crippen LogP contribution < -0.4 is 10.6 Å². The summed E-state index contributed by atoms with van der Waals surface area (Å²) in [6.07, 6.45) is 6.50. The lowest BCUT2D eigenvalue weighted by atomic mass is 9.94. The Kier molecular flexibility index (Phi) is 8.64. The topological polar surface area (TPSA) is 79.9 Å². The fourth-order valence-corrected chi connectivity index (χ4v) is 4.55. The van der Waals surface area contributed by atoms with Crippen LogP contribution in [0.2, 0.25) is 0 Å². The molecule has 1 fully saturated rings. The minimum atomic E-state index is -0.468. The minimum Gasteiger partial charge on any atom is -0.460 e. The third-order valence-electron chi connectivity index (χ3n) is 6.25. The molecular formula is C24H33N3O4S. The molecule has 0 aromatic heterocycles. The molecule has 2 N–H and O–H groups in total. The van der Waals surface area contributed by atoms with E-state index in [4.69, 9.17) is 21.7 Å². The number of rotatable bonds is 9. The first-order valence-corrected chi connectivity index (χ1v) is 11.6. The molecule has 32 heavy (non-hydrogen) atoms. The summed E-state index contributed by atoms with van der Waals surface area (Å²) in [7, 11) is 3.37. The first-order valence-electron chi connectivity index (χ1n) is 11.2. The van der Waals surface area contributed by atoms with E-state index in [1.807, 2.05) is 38.2 Å². The summed E-state index contributed by atoms with van der Waals surface area (Å²) in [5, 5.41) is 6.76. The first-order chi connectivity index (χ1) is 15.4. The fourth-order valence-electron chi connectivity index (χ4n) is 4.30. The van der Waals surface area contributed by atoms with Crippen LogP contribution in [-0.4, -0.2) is 49.3 Å². The average molecular weight is 460 g/mol. The molecule has 7 nitrogen and oxygen atoms in total. The Morgan fingerprint density at radius 1 is 1.25 bits per heavy atom. The molecule has 174 valence electrons. The van der Waals surface area contributed by atoms with Crippen LogP contribution in [0, 0.1) is 5.92 Å². The van der Waals surface area contributed by atoms with Gasteiger partial charge < -0.3 is 25.0 Å². The van der Waals surface area contributed by atoms with Gasteiger partial charge in [-0.05, 0) is 49.2 Å². The van der Waals surface area contributed by atoms with Crippen LogP contribution in [0.4, 0.5) is 5.69 Å². The largest absolute Gasteiger partial charge is 0.460 e. The summed E-state index contributed by atoms with van der Waals surface area (Å²) in [6, 6.07) is 7.06. The highest BCUT2D eigenvalue weighted by Gasteiger charge is 2.33. The summed E-state index contributed by atoms with van der Waals surface area (Å²) >= 11 is 5.46. The Labute approximate surface area is 195 Å². The Bertz CT molecular complexity index is 880. The number of ether oxygens (including phenoxy) is 2. The quantitative estimate of drug-likeness (QED) is 0.329. The second kappa shape index (κ2) is 11.4. The molecule has 0 radical (unpaired) electrons. The molecule has 1 aromatic carbocycles. The van der Waals surface area contributed by atoms with Gasteiger partial charge in [-0.1, -0.05) is 37.8 Å². The number of allylic oxidation sites excluding steroid dienone is 1. The number of benzene rings is 1. The zero-order valence-electron chi connectivity index (χ0n) is 19.1. The molecule has 1 aliphatic heterocycles. The van der Waals surface area contributed by atoms with E-state index in [2.05, 4.69) is 10.6 Å². The van der Waals surface area contributed by atoms with Gasteiger partial charge in [-0.2, -0.15) is 0 Å². The molecule has 1 amide bonds. The number of anilines is 1. The van der Waals surface area contributed by atoms with Gasteiger partial charge in [0.15, 0.2) is 5.11 Å². The van der Waals surface area contributed by atoms with E-state index in [-0.39, 0.29) is 12.5 Å². The molecule has 8 heteroatoms. The van der Waals surface area contributed by atoms with Crippen LogP contribution in [0.1, 0.15) is 57.1 Å². The zero-order chi connectivity index (χ0) is 23.1. The number of hydrogen-bond donors (Lipinski definition) is 2. The van der Waals surface area contributed by atoms with Crippen LogP contribution in [-0.2, 0) is 19.1 Å². The molecule has 1 heterocycles. The van der Waals surface area contributed by atoms with Crippen LogP contribution in [0.3, 0.4) is 0 Å². The van der Waals surface area contributed by atoms with Crippen LogP contribution in [0.5, 0.6) is 0 Å². The van der Waals surface area contributed by atoms with Gasteiger partial charge in [-0.25, -0.2) is 4.79 Å². The number of carbonyl (C=O) groups excluding carboxylic acids is 2. The van der Waals surface area contributed by atoms with Crippen LogP contribution in [0.15, 0.2) is 35.5 Å². The summed E-state index contributed by atoms with van der Waals surface area (Å²) in [5.74, 6) is 0.278. The maximum Gasteiger partial charge on any atom is 0.338 e. The predicted octanol–water partition coefficient (Wildman–Crippen LogP) is 3.92. The van der Waals surface area contributed by atoms with Crippen molar-refractivity contribution in [3.63, 3.8) is 0 Å². The van der Waals surface area contributed by atoms with Crippen molar-refractivity contribution in [2.45, 2.75) is 51.5 Å². The number of carbonyl (C=O) groups is 2. The number of methoxy groups -OCH3 is 1. The minimum absolute atomic E-state index is 0.0202. The van der Waals surface area contributed by atoms with E-state index in [1.165, 1.54) is 25.7 Å². The van der Waals surface area contributed by atoms with E-state index in [0.29, 0.717) is 35.3 Å². The Morgan fingerprint density at radius 2 is 2.00 bits per heavy atom. The molecule has 0 saturated heterocycles. The second-order valence-electron chi connectivity index (χ2n) is 8.43. The lowest BCUT2D eigenvalue weighted by molar-refractivity contribution is -0.140. The van der Waals surface area contributed by atoms with Crippen molar-refractivity contribution in [1.29, 1.82) is 0 Å². The standard InChI is InChI=1S/C24H33N3O4S/c1-16-21(23(29)31-14-13-30-3)22(26-24(32)27(16)2)18-9-6-10-19(15-18)25-20(28)12-11-17-7-4-5-8-17/h6,9-10,15,17,22H,4-5,7-8,11-14H2,1-3H3,(H,25,28)(H,26,32)/t22-/m1/s1. The molecule has 1 saturated carbocycles. The number of nitrogens with one attached hydrogen (secondary N) is 2. The normalized spacial score (nSPS) is 19.2. The summed E-state index contributed by atoms with van der Waals surface area (Å²) in [5.41, 5.74) is 2.75.